The Balaban J connectivity index is 2.75. The van der Waals surface area contributed by atoms with Crippen LogP contribution in [0.1, 0.15) is 53.9 Å². The van der Waals surface area contributed by atoms with Gasteiger partial charge in [-0.1, -0.05) is 33.3 Å². The van der Waals surface area contributed by atoms with Crippen molar-refractivity contribution in [2.75, 3.05) is 6.61 Å². The van der Waals surface area contributed by atoms with Crippen molar-refractivity contribution in [3.8, 4) is 0 Å². The summed E-state index contributed by atoms with van der Waals surface area (Å²) in [5.41, 5.74) is 1.18. The molecule has 3 nitrogen and oxygen atoms in total. The number of hydrogen-bond donors (Lipinski definition) is 0. The molecule has 0 aromatic heterocycles. The van der Waals surface area contributed by atoms with Crippen LogP contribution in [-0.2, 0) is 14.0 Å². The monoisotopic (exact) mass is 312 g/mol. The van der Waals surface area contributed by atoms with Gasteiger partial charge in [-0.15, -0.1) is 0 Å². The zero-order chi connectivity index (χ0) is 16.3. The highest BCUT2D eigenvalue weighted by atomic mass is 28.4. The fourth-order valence-corrected chi connectivity index (χ4v) is 3.96. The quantitative estimate of drug-likeness (QED) is 0.429. The summed E-state index contributed by atoms with van der Waals surface area (Å²) in [4.78, 5) is 11.6. The highest BCUT2D eigenvalue weighted by Gasteiger charge is 2.40. The molecule has 1 saturated carbocycles. The average molecular weight is 313 g/mol. The van der Waals surface area contributed by atoms with E-state index in [9.17, 15) is 4.79 Å². The van der Waals surface area contributed by atoms with Crippen LogP contribution in [0.4, 0.5) is 0 Å². The Morgan fingerprint density at radius 1 is 1.33 bits per heavy atom. The largest absolute Gasteiger partial charge is 0.463 e. The van der Waals surface area contributed by atoms with E-state index in [-0.39, 0.29) is 17.1 Å². The first kappa shape index (κ1) is 18.4. The second kappa shape index (κ2) is 7.10. The van der Waals surface area contributed by atoms with E-state index in [4.69, 9.17) is 9.16 Å². The minimum atomic E-state index is -1.75. The zero-order valence-corrected chi connectivity index (χ0v) is 15.8. The van der Waals surface area contributed by atoms with E-state index in [1.54, 1.807) is 6.08 Å². The van der Waals surface area contributed by atoms with Crippen LogP contribution in [0.5, 0.6) is 0 Å². The van der Waals surface area contributed by atoms with Gasteiger partial charge in [0.15, 0.2) is 8.32 Å². The molecule has 122 valence electrons. The molecule has 0 amide bonds. The summed E-state index contributed by atoms with van der Waals surface area (Å²) in [5, 5.41) is 0.221. The van der Waals surface area contributed by atoms with Gasteiger partial charge in [0.25, 0.3) is 0 Å². The maximum Gasteiger partial charge on any atom is 0.330 e. The van der Waals surface area contributed by atoms with Crippen LogP contribution in [0.3, 0.4) is 0 Å². The Hall–Kier alpha value is -0.613. The SMILES string of the molecule is CCOC(=O)/C=C1/C[C@@H](C)C[C@H](O[Si](C)(C)C(C)(C)C)C1. The number of rotatable bonds is 4. The van der Waals surface area contributed by atoms with Crippen LogP contribution < -0.4 is 0 Å². The molecule has 0 saturated heterocycles. The van der Waals surface area contributed by atoms with Crippen molar-refractivity contribution < 1.29 is 14.0 Å². The van der Waals surface area contributed by atoms with Crippen molar-refractivity contribution in [2.24, 2.45) is 5.92 Å². The first-order valence-corrected chi connectivity index (χ1v) is 11.0. The number of ether oxygens (including phenoxy) is 1. The predicted octanol–water partition coefficient (Wildman–Crippen LogP) is 4.69. The summed E-state index contributed by atoms with van der Waals surface area (Å²) >= 11 is 0. The summed E-state index contributed by atoms with van der Waals surface area (Å²) in [5.74, 6) is 0.349. The maximum atomic E-state index is 11.6. The zero-order valence-electron chi connectivity index (χ0n) is 14.8. The lowest BCUT2D eigenvalue weighted by atomic mass is 9.85. The Morgan fingerprint density at radius 3 is 2.48 bits per heavy atom. The predicted molar refractivity (Wildman–Crippen MR) is 89.8 cm³/mol. The molecule has 0 radical (unpaired) electrons. The third kappa shape index (κ3) is 5.59. The van der Waals surface area contributed by atoms with Gasteiger partial charge in [-0.3, -0.25) is 0 Å². The highest BCUT2D eigenvalue weighted by molar-refractivity contribution is 6.74. The van der Waals surface area contributed by atoms with Gasteiger partial charge >= 0.3 is 5.97 Å². The van der Waals surface area contributed by atoms with Gasteiger partial charge in [0, 0.05) is 12.2 Å². The van der Waals surface area contributed by atoms with E-state index >= 15 is 0 Å². The second-order valence-electron chi connectivity index (χ2n) is 7.80. The van der Waals surface area contributed by atoms with E-state index < -0.39 is 8.32 Å². The molecule has 0 heterocycles. The van der Waals surface area contributed by atoms with E-state index in [0.717, 1.165) is 19.3 Å². The van der Waals surface area contributed by atoms with Crippen molar-refractivity contribution in [3.05, 3.63) is 11.6 Å². The smallest absolute Gasteiger partial charge is 0.330 e. The Labute approximate surface area is 131 Å². The van der Waals surface area contributed by atoms with Crippen LogP contribution in [0.15, 0.2) is 11.6 Å². The minimum absolute atomic E-state index is 0.215. The molecule has 21 heavy (non-hydrogen) atoms. The third-order valence-corrected chi connectivity index (χ3v) is 9.18. The topological polar surface area (TPSA) is 35.5 Å². The molecular weight excluding hydrogens is 280 g/mol. The van der Waals surface area contributed by atoms with Crippen molar-refractivity contribution in [2.45, 2.75) is 78.1 Å². The van der Waals surface area contributed by atoms with Crippen LogP contribution >= 0.6 is 0 Å². The summed E-state index contributed by atoms with van der Waals surface area (Å²) < 4.78 is 11.6. The summed E-state index contributed by atoms with van der Waals surface area (Å²) in [6.45, 7) is 15.9. The lowest BCUT2D eigenvalue weighted by Crippen LogP contribution is -2.45. The first-order chi connectivity index (χ1) is 9.55. The molecule has 2 atom stereocenters. The van der Waals surface area contributed by atoms with E-state index in [1.807, 2.05) is 6.92 Å². The molecule has 0 N–H and O–H groups in total. The molecule has 0 aromatic rings. The Kier molecular flexibility index (Phi) is 6.23. The third-order valence-electron chi connectivity index (χ3n) is 4.64. The lowest BCUT2D eigenvalue weighted by Gasteiger charge is -2.41. The molecule has 1 rings (SSSR count). The second-order valence-corrected chi connectivity index (χ2v) is 12.6. The standard InChI is InChI=1S/C17H32O3Si/c1-8-19-16(18)12-14-9-13(2)10-15(11-14)20-21(6,7)17(3,4)5/h12-13,15H,8-11H2,1-7H3/b14-12-/t13-,15+/m1/s1. The van der Waals surface area contributed by atoms with E-state index in [1.165, 1.54) is 5.57 Å². The molecule has 0 aromatic carbocycles. The number of esters is 1. The summed E-state index contributed by atoms with van der Waals surface area (Å²) in [7, 11) is -1.75. The van der Waals surface area contributed by atoms with Gasteiger partial charge in [-0.25, -0.2) is 4.79 Å². The van der Waals surface area contributed by atoms with Gasteiger partial charge in [0.05, 0.1) is 6.61 Å². The van der Waals surface area contributed by atoms with Gasteiger partial charge < -0.3 is 9.16 Å². The molecular formula is C17H32O3Si. The van der Waals surface area contributed by atoms with E-state index in [0.29, 0.717) is 12.5 Å². The maximum absolute atomic E-state index is 11.6. The molecule has 0 aliphatic heterocycles. The minimum Gasteiger partial charge on any atom is -0.463 e. The highest BCUT2D eigenvalue weighted by Crippen LogP contribution is 2.40. The molecule has 0 spiro atoms. The van der Waals surface area contributed by atoms with Gasteiger partial charge in [0.2, 0.25) is 0 Å². The Morgan fingerprint density at radius 2 is 1.95 bits per heavy atom. The number of carbonyl (C=O) groups excluding carboxylic acids is 1. The summed E-state index contributed by atoms with van der Waals surface area (Å²) in [6.07, 6.45) is 4.87. The normalized spacial score (nSPS) is 26.0. The van der Waals surface area contributed by atoms with Gasteiger partial charge in [-0.2, -0.15) is 0 Å². The van der Waals surface area contributed by atoms with Crippen LogP contribution in [0, 0.1) is 5.92 Å². The molecule has 1 aliphatic rings. The molecule has 4 heteroatoms. The molecule has 0 unspecified atom stereocenters. The van der Waals surface area contributed by atoms with Crippen molar-refractivity contribution in [3.63, 3.8) is 0 Å². The Bertz CT molecular complexity index is 393. The van der Waals surface area contributed by atoms with Gasteiger partial charge in [-0.05, 0) is 50.2 Å². The molecule has 1 fully saturated rings. The average Bonchev–Trinajstić information content (AvgIpc) is 2.25. The van der Waals surface area contributed by atoms with Crippen LogP contribution in [0.2, 0.25) is 18.1 Å². The number of carbonyl (C=O) groups is 1. The lowest BCUT2D eigenvalue weighted by molar-refractivity contribution is -0.137. The van der Waals surface area contributed by atoms with Crippen molar-refractivity contribution in [1.29, 1.82) is 0 Å². The fourth-order valence-electron chi connectivity index (χ4n) is 2.59. The first-order valence-electron chi connectivity index (χ1n) is 8.09. The molecule has 1 aliphatic carbocycles. The number of hydrogen-bond acceptors (Lipinski definition) is 3. The van der Waals surface area contributed by atoms with Crippen LogP contribution in [0.25, 0.3) is 0 Å². The van der Waals surface area contributed by atoms with Crippen LogP contribution in [-0.4, -0.2) is 27.0 Å². The van der Waals surface area contributed by atoms with Gasteiger partial charge in [0.1, 0.15) is 0 Å². The molecule has 0 bridgehead atoms. The van der Waals surface area contributed by atoms with E-state index in [2.05, 4.69) is 40.8 Å². The fraction of sp³-hybridized carbons (Fsp3) is 0.824. The summed E-state index contributed by atoms with van der Waals surface area (Å²) in [6, 6.07) is 0. The van der Waals surface area contributed by atoms with Crippen molar-refractivity contribution >= 4 is 14.3 Å². The van der Waals surface area contributed by atoms with Crippen molar-refractivity contribution in [1.82, 2.24) is 0 Å².